The fraction of sp³-hybridized carbons (Fsp3) is 0.519. The van der Waals surface area contributed by atoms with Gasteiger partial charge in [0.1, 0.15) is 11.6 Å². The lowest BCUT2D eigenvalue weighted by Crippen LogP contribution is -2.34. The van der Waals surface area contributed by atoms with Crippen molar-refractivity contribution in [2.75, 3.05) is 14.2 Å². The average molecular weight is 453 g/mol. The molecule has 0 fully saturated rings. The summed E-state index contributed by atoms with van der Waals surface area (Å²) in [6.45, 7) is 16.5. The van der Waals surface area contributed by atoms with Crippen LogP contribution in [0.1, 0.15) is 71.9 Å². The molecule has 0 spiro atoms. The number of aliphatic imine (C=N–C) groups is 2. The molecule has 0 radical (unpaired) electrons. The molecule has 0 saturated carbocycles. The normalized spacial score (nSPS) is 19.4. The van der Waals surface area contributed by atoms with Crippen molar-refractivity contribution < 1.29 is 9.47 Å². The molecule has 180 valence electrons. The van der Waals surface area contributed by atoms with E-state index in [1.807, 2.05) is 39.0 Å². The van der Waals surface area contributed by atoms with Crippen LogP contribution in [0, 0.1) is 17.2 Å². The summed E-state index contributed by atoms with van der Waals surface area (Å²) in [6.07, 6.45) is 4.74. The Labute approximate surface area is 199 Å². The molecule has 33 heavy (non-hydrogen) atoms. The summed E-state index contributed by atoms with van der Waals surface area (Å²) < 4.78 is 10.8. The summed E-state index contributed by atoms with van der Waals surface area (Å²) >= 11 is 0. The van der Waals surface area contributed by atoms with Crippen molar-refractivity contribution in [3.63, 3.8) is 0 Å². The molecule has 3 atom stereocenters. The number of amidine groups is 1. The molecule has 1 aromatic carbocycles. The van der Waals surface area contributed by atoms with E-state index in [9.17, 15) is 5.26 Å². The Bertz CT molecular complexity index is 935. The molecule has 6 heteroatoms. The van der Waals surface area contributed by atoms with Crippen molar-refractivity contribution in [2.24, 2.45) is 21.6 Å². The predicted octanol–water partition coefficient (Wildman–Crippen LogP) is 5.92. The molecule has 0 saturated heterocycles. The fourth-order valence-corrected chi connectivity index (χ4v) is 3.82. The third kappa shape index (κ3) is 6.79. The lowest BCUT2D eigenvalue weighted by atomic mass is 9.82. The van der Waals surface area contributed by atoms with Gasteiger partial charge in [-0.15, -0.1) is 0 Å². The second kappa shape index (κ2) is 13.0. The van der Waals surface area contributed by atoms with E-state index in [2.05, 4.69) is 33.4 Å². The van der Waals surface area contributed by atoms with Crippen LogP contribution in [-0.2, 0) is 4.74 Å². The Morgan fingerprint density at radius 2 is 1.88 bits per heavy atom. The van der Waals surface area contributed by atoms with Gasteiger partial charge in [0, 0.05) is 13.0 Å². The minimum Gasteiger partial charge on any atom is -0.497 e. The van der Waals surface area contributed by atoms with Crippen molar-refractivity contribution in [2.45, 2.75) is 72.6 Å². The Morgan fingerprint density at radius 1 is 1.21 bits per heavy atom. The summed E-state index contributed by atoms with van der Waals surface area (Å²) in [7, 11) is 3.31. The van der Waals surface area contributed by atoms with Crippen molar-refractivity contribution in [1.82, 2.24) is 0 Å². The zero-order valence-corrected chi connectivity index (χ0v) is 21.5. The predicted molar refractivity (Wildman–Crippen MR) is 139 cm³/mol. The number of hydrogen-bond acceptors (Lipinski definition) is 6. The summed E-state index contributed by atoms with van der Waals surface area (Å²) in [5.74, 6) is 1.22. The minimum atomic E-state index is -0.754. The van der Waals surface area contributed by atoms with Crippen LogP contribution in [0.3, 0.4) is 0 Å². The highest BCUT2D eigenvalue weighted by Gasteiger charge is 2.42. The first-order valence-corrected chi connectivity index (χ1v) is 11.6. The molecule has 1 aromatic rings. The van der Waals surface area contributed by atoms with Crippen LogP contribution in [-0.4, -0.2) is 37.5 Å². The average Bonchev–Trinajstić information content (AvgIpc) is 3.15. The van der Waals surface area contributed by atoms with Gasteiger partial charge in [0.25, 0.3) is 0 Å². The zero-order valence-electron chi connectivity index (χ0n) is 21.5. The highest BCUT2D eigenvalue weighted by molar-refractivity contribution is 6.41. The molecule has 2 unspecified atom stereocenters. The summed E-state index contributed by atoms with van der Waals surface area (Å²) in [4.78, 5) is 9.80. The molecule has 1 heterocycles. The zero-order chi connectivity index (χ0) is 25.2. The maximum Gasteiger partial charge on any atom is 0.177 e. The quantitative estimate of drug-likeness (QED) is 0.446. The van der Waals surface area contributed by atoms with Gasteiger partial charge in [-0.3, -0.25) is 4.99 Å². The summed E-state index contributed by atoms with van der Waals surface area (Å²) in [5.41, 5.74) is 9.34. The monoisotopic (exact) mass is 452 g/mol. The third-order valence-electron chi connectivity index (χ3n) is 5.94. The van der Waals surface area contributed by atoms with E-state index in [-0.39, 0.29) is 12.0 Å². The van der Waals surface area contributed by atoms with Crippen LogP contribution in [0.15, 0.2) is 46.4 Å². The molecule has 0 bridgehead atoms. The first-order valence-electron chi connectivity index (χ1n) is 11.6. The van der Waals surface area contributed by atoms with E-state index < -0.39 is 5.66 Å². The van der Waals surface area contributed by atoms with Crippen molar-refractivity contribution in [3.8, 4) is 11.8 Å². The van der Waals surface area contributed by atoms with E-state index in [0.29, 0.717) is 17.1 Å². The standard InChI is InChI=1S/C25H34N4O2.C2H6/c1-8-22(11-16(2)21-12-20(15-26)13-23(14-21)31-7)25(28-19(5)24(27)29-25)17(3)9-10-18(4)30-6;1-2/h11-14,17-18H,2,8-10H2,1,3-7H3,(H2,27,29);1-2H3/b22-11+;/t17?,18-,25?;/m1./s1. The number of nitrogens with two attached hydrogens (primary N) is 1. The maximum atomic E-state index is 9.35. The van der Waals surface area contributed by atoms with Crippen molar-refractivity contribution in [3.05, 3.63) is 47.6 Å². The lowest BCUT2D eigenvalue weighted by Gasteiger charge is -2.33. The van der Waals surface area contributed by atoms with Gasteiger partial charge in [-0.25, -0.2) is 4.99 Å². The summed E-state index contributed by atoms with van der Waals surface area (Å²) in [5, 5.41) is 9.35. The molecule has 1 aliphatic heterocycles. The molecule has 2 N–H and O–H groups in total. The number of nitriles is 1. The van der Waals surface area contributed by atoms with E-state index in [0.717, 1.165) is 41.7 Å². The summed E-state index contributed by atoms with van der Waals surface area (Å²) in [6, 6.07) is 7.57. The molecule has 2 rings (SSSR count). The third-order valence-corrected chi connectivity index (χ3v) is 5.94. The van der Waals surface area contributed by atoms with E-state index in [1.165, 1.54) is 0 Å². The largest absolute Gasteiger partial charge is 0.497 e. The van der Waals surface area contributed by atoms with Crippen LogP contribution < -0.4 is 10.5 Å². The van der Waals surface area contributed by atoms with Gasteiger partial charge < -0.3 is 15.2 Å². The first-order chi connectivity index (χ1) is 15.7. The topological polar surface area (TPSA) is 93.0 Å². The number of rotatable bonds is 10. The second-order valence-electron chi connectivity index (χ2n) is 8.06. The minimum absolute atomic E-state index is 0.125. The number of methoxy groups -OCH3 is 2. The van der Waals surface area contributed by atoms with Gasteiger partial charge in [-0.2, -0.15) is 5.26 Å². The Kier molecular flexibility index (Phi) is 11.0. The van der Waals surface area contributed by atoms with Crippen LogP contribution in [0.4, 0.5) is 0 Å². The molecule has 1 aliphatic rings. The first kappa shape index (κ1) is 28.1. The van der Waals surface area contributed by atoms with Gasteiger partial charge in [0.05, 0.1) is 30.6 Å². The molecule has 0 amide bonds. The van der Waals surface area contributed by atoms with Crippen LogP contribution in [0.5, 0.6) is 5.75 Å². The SMILES string of the molecule is C=C(/C=C(\CC)C1(C(C)CC[C@@H](C)OC)N=C(C)C(N)=N1)c1cc(C#N)cc(OC)c1.CC. The highest BCUT2D eigenvalue weighted by atomic mass is 16.5. The number of allylic oxidation sites excluding steroid dienone is 2. The van der Waals surface area contributed by atoms with E-state index >= 15 is 0 Å². The molecule has 0 aromatic heterocycles. The second-order valence-corrected chi connectivity index (χ2v) is 8.06. The van der Waals surface area contributed by atoms with E-state index in [1.54, 1.807) is 20.3 Å². The van der Waals surface area contributed by atoms with Crippen LogP contribution in [0.25, 0.3) is 5.57 Å². The van der Waals surface area contributed by atoms with Crippen LogP contribution in [0.2, 0.25) is 0 Å². The Balaban J connectivity index is 0.00000265. The Morgan fingerprint density at radius 3 is 2.36 bits per heavy atom. The highest BCUT2D eigenvalue weighted by Crippen LogP contribution is 2.41. The maximum absolute atomic E-state index is 9.35. The van der Waals surface area contributed by atoms with Gasteiger partial charge in [-0.05, 0) is 68.0 Å². The molecule has 0 aliphatic carbocycles. The lowest BCUT2D eigenvalue weighted by molar-refractivity contribution is 0.101. The van der Waals surface area contributed by atoms with Crippen molar-refractivity contribution in [1.29, 1.82) is 5.26 Å². The van der Waals surface area contributed by atoms with Gasteiger partial charge in [0.15, 0.2) is 5.66 Å². The molecular formula is C27H40N4O2. The Hall–Kier alpha value is -2.91. The van der Waals surface area contributed by atoms with Crippen molar-refractivity contribution >= 4 is 17.1 Å². The number of ether oxygens (including phenoxy) is 2. The van der Waals surface area contributed by atoms with Gasteiger partial charge >= 0.3 is 0 Å². The molecular weight excluding hydrogens is 412 g/mol. The van der Waals surface area contributed by atoms with E-state index in [4.69, 9.17) is 25.2 Å². The fourth-order valence-electron chi connectivity index (χ4n) is 3.82. The number of hydrogen-bond donors (Lipinski definition) is 1. The smallest absolute Gasteiger partial charge is 0.177 e. The number of nitrogens with zero attached hydrogens (tertiary/aromatic N) is 3. The van der Waals surface area contributed by atoms with Crippen LogP contribution >= 0.6 is 0 Å². The van der Waals surface area contributed by atoms with Gasteiger partial charge in [0.2, 0.25) is 0 Å². The molecule has 6 nitrogen and oxygen atoms in total. The number of benzene rings is 1. The van der Waals surface area contributed by atoms with Gasteiger partial charge in [-0.1, -0.05) is 40.3 Å².